The lowest BCUT2D eigenvalue weighted by molar-refractivity contribution is 1.22. The minimum absolute atomic E-state index is 1.23. The van der Waals surface area contributed by atoms with E-state index in [9.17, 15) is 0 Å². The number of fused-ring (bicyclic) bond motifs is 5. The largest absolute Gasteiger partial charge is 0.301 e. The zero-order valence-corrected chi connectivity index (χ0v) is 21.5. The van der Waals surface area contributed by atoms with Crippen LogP contribution >= 0.6 is 11.3 Å². The van der Waals surface area contributed by atoms with E-state index in [1.54, 1.807) is 0 Å². The number of hydrogen-bond donors (Lipinski definition) is 0. The molecule has 2 heterocycles. The highest BCUT2D eigenvalue weighted by Gasteiger charge is 2.19. The van der Waals surface area contributed by atoms with Crippen LogP contribution in [0.3, 0.4) is 0 Å². The number of nitrogens with zero attached hydrogens (tertiary/aromatic N) is 1. The Morgan fingerprint density at radius 1 is 0.368 bits per heavy atom. The minimum Gasteiger partial charge on any atom is -0.301 e. The van der Waals surface area contributed by atoms with Crippen LogP contribution in [0.5, 0.6) is 0 Å². The number of aromatic nitrogens is 1. The second-order valence-electron chi connectivity index (χ2n) is 9.71. The molecule has 2 heteroatoms. The molecule has 38 heavy (non-hydrogen) atoms. The first-order chi connectivity index (χ1) is 18.9. The third kappa shape index (κ3) is 3.11. The molecule has 0 aliphatic heterocycles. The lowest BCUT2D eigenvalue weighted by Crippen LogP contribution is -1.90. The maximum Gasteiger partial charge on any atom is 0.101 e. The van der Waals surface area contributed by atoms with Crippen molar-refractivity contribution in [2.45, 2.75) is 0 Å². The molecule has 8 rings (SSSR count). The molecule has 0 bridgehead atoms. The van der Waals surface area contributed by atoms with E-state index >= 15 is 0 Å². The Kier molecular flexibility index (Phi) is 4.76. The zero-order chi connectivity index (χ0) is 25.1. The number of thiophene rings is 1. The third-order valence-corrected chi connectivity index (χ3v) is 8.72. The van der Waals surface area contributed by atoms with Crippen LogP contribution in [0, 0.1) is 0 Å². The van der Waals surface area contributed by atoms with Gasteiger partial charge in [0, 0.05) is 21.2 Å². The van der Waals surface area contributed by atoms with Crippen LogP contribution < -0.4 is 0 Å². The van der Waals surface area contributed by atoms with Gasteiger partial charge in [0.15, 0.2) is 0 Å². The molecule has 0 atom stereocenters. The van der Waals surface area contributed by atoms with Crippen LogP contribution in [0.25, 0.3) is 69.9 Å². The Morgan fingerprint density at radius 3 is 1.37 bits per heavy atom. The van der Waals surface area contributed by atoms with Gasteiger partial charge in [-0.05, 0) is 56.9 Å². The molecule has 0 aliphatic carbocycles. The molecule has 0 saturated carbocycles. The summed E-state index contributed by atoms with van der Waals surface area (Å²) < 4.78 is 2.42. The number of para-hydroxylation sites is 2. The maximum absolute atomic E-state index is 2.42. The van der Waals surface area contributed by atoms with Gasteiger partial charge in [-0.15, -0.1) is 11.3 Å². The SMILES string of the molecule is c1ccc(-c2c3ccccc3c(-c3ccc(-n4c5ccccc5c5ccccc54)s3)c3ccccc23)cc1. The van der Waals surface area contributed by atoms with Crippen molar-refractivity contribution in [3.05, 3.63) is 140 Å². The molecule has 6 aromatic carbocycles. The summed E-state index contributed by atoms with van der Waals surface area (Å²) >= 11 is 1.87. The summed E-state index contributed by atoms with van der Waals surface area (Å²) in [7, 11) is 0. The van der Waals surface area contributed by atoms with E-state index in [1.165, 1.54) is 69.9 Å². The summed E-state index contributed by atoms with van der Waals surface area (Å²) in [5.74, 6) is 0. The first kappa shape index (κ1) is 21.4. The topological polar surface area (TPSA) is 4.93 Å². The van der Waals surface area contributed by atoms with E-state index in [-0.39, 0.29) is 0 Å². The van der Waals surface area contributed by atoms with E-state index in [0.717, 1.165) is 0 Å². The van der Waals surface area contributed by atoms with Crippen molar-refractivity contribution >= 4 is 54.7 Å². The van der Waals surface area contributed by atoms with Gasteiger partial charge in [0.2, 0.25) is 0 Å². The van der Waals surface area contributed by atoms with Gasteiger partial charge >= 0.3 is 0 Å². The molecule has 0 spiro atoms. The van der Waals surface area contributed by atoms with Crippen molar-refractivity contribution < 1.29 is 0 Å². The smallest absolute Gasteiger partial charge is 0.101 e. The molecule has 8 aromatic rings. The van der Waals surface area contributed by atoms with E-state index in [4.69, 9.17) is 0 Å². The van der Waals surface area contributed by atoms with E-state index in [0.29, 0.717) is 0 Å². The van der Waals surface area contributed by atoms with Gasteiger partial charge in [0.05, 0.1) is 11.0 Å². The number of rotatable bonds is 3. The first-order valence-corrected chi connectivity index (χ1v) is 13.8. The lowest BCUT2D eigenvalue weighted by atomic mass is 9.88. The minimum atomic E-state index is 1.23. The van der Waals surface area contributed by atoms with Gasteiger partial charge in [0.25, 0.3) is 0 Å². The van der Waals surface area contributed by atoms with Crippen molar-refractivity contribution in [2.75, 3.05) is 0 Å². The fraction of sp³-hybridized carbons (Fsp3) is 0. The van der Waals surface area contributed by atoms with Crippen LogP contribution in [-0.4, -0.2) is 4.57 Å². The first-order valence-electron chi connectivity index (χ1n) is 13.0. The normalized spacial score (nSPS) is 11.7. The van der Waals surface area contributed by atoms with Crippen molar-refractivity contribution in [1.82, 2.24) is 4.57 Å². The summed E-state index contributed by atoms with van der Waals surface area (Å²) in [4.78, 5) is 1.29. The monoisotopic (exact) mass is 501 g/mol. The Bertz CT molecular complexity index is 2020. The predicted molar refractivity (Wildman–Crippen MR) is 165 cm³/mol. The van der Waals surface area contributed by atoms with Crippen LogP contribution in [0.2, 0.25) is 0 Å². The fourth-order valence-electron chi connectivity index (χ4n) is 6.05. The standard InChI is InChI=1S/C36H23NS/c1-2-12-24(13-3-1)35-27-16-4-6-18-29(27)36(30-19-7-5-17-28(30)35)33-22-23-34(38-33)37-31-20-10-8-14-25(31)26-15-9-11-21-32(26)37/h1-23H. The highest BCUT2D eigenvalue weighted by molar-refractivity contribution is 7.18. The molecular weight excluding hydrogens is 478 g/mol. The highest BCUT2D eigenvalue weighted by atomic mass is 32.1. The van der Waals surface area contributed by atoms with Gasteiger partial charge < -0.3 is 4.57 Å². The predicted octanol–water partition coefficient (Wildman–Crippen LogP) is 10.5. The molecule has 0 radical (unpaired) electrons. The van der Waals surface area contributed by atoms with Crippen molar-refractivity contribution in [3.63, 3.8) is 0 Å². The molecular formula is C36H23NS. The van der Waals surface area contributed by atoms with Gasteiger partial charge in [0.1, 0.15) is 5.00 Å². The van der Waals surface area contributed by atoms with Crippen molar-refractivity contribution in [3.8, 4) is 26.6 Å². The highest BCUT2D eigenvalue weighted by Crippen LogP contribution is 2.46. The van der Waals surface area contributed by atoms with Crippen LogP contribution in [-0.2, 0) is 0 Å². The third-order valence-electron chi connectivity index (χ3n) is 7.63. The Balaban J connectivity index is 1.43. The quantitative estimate of drug-likeness (QED) is 0.212. The van der Waals surface area contributed by atoms with Gasteiger partial charge in [-0.3, -0.25) is 0 Å². The maximum atomic E-state index is 2.42. The van der Waals surface area contributed by atoms with Gasteiger partial charge in [-0.1, -0.05) is 115 Å². The molecule has 0 amide bonds. The van der Waals surface area contributed by atoms with Crippen LogP contribution in [0.15, 0.2) is 140 Å². The average Bonchev–Trinajstić information content (AvgIpc) is 3.59. The Morgan fingerprint density at radius 2 is 0.816 bits per heavy atom. The molecule has 178 valence electrons. The number of benzene rings is 6. The second-order valence-corrected chi connectivity index (χ2v) is 10.8. The summed E-state index contributed by atoms with van der Waals surface area (Å²) in [6, 6.07) is 50.6. The van der Waals surface area contributed by atoms with Gasteiger partial charge in [-0.25, -0.2) is 0 Å². The second kappa shape index (κ2) is 8.44. The van der Waals surface area contributed by atoms with Crippen LogP contribution in [0.4, 0.5) is 0 Å². The lowest BCUT2D eigenvalue weighted by Gasteiger charge is -2.16. The summed E-state index contributed by atoms with van der Waals surface area (Å²) in [6.45, 7) is 0. The summed E-state index contributed by atoms with van der Waals surface area (Å²) in [5.41, 5.74) is 6.36. The Labute approximate surface area is 224 Å². The van der Waals surface area contributed by atoms with Gasteiger partial charge in [-0.2, -0.15) is 0 Å². The fourth-order valence-corrected chi connectivity index (χ4v) is 7.16. The van der Waals surface area contributed by atoms with E-state index in [1.807, 2.05) is 11.3 Å². The van der Waals surface area contributed by atoms with E-state index in [2.05, 4.69) is 144 Å². The number of hydrogen-bond acceptors (Lipinski definition) is 1. The zero-order valence-electron chi connectivity index (χ0n) is 20.6. The van der Waals surface area contributed by atoms with E-state index < -0.39 is 0 Å². The molecule has 2 aromatic heterocycles. The molecule has 1 nitrogen and oxygen atoms in total. The molecule has 0 unspecified atom stereocenters. The summed E-state index contributed by atoms with van der Waals surface area (Å²) in [5, 5.41) is 8.99. The molecule has 0 aliphatic rings. The Hall–Kier alpha value is -4.66. The van der Waals surface area contributed by atoms with Crippen molar-refractivity contribution in [2.24, 2.45) is 0 Å². The molecule has 0 N–H and O–H groups in total. The molecule has 0 fully saturated rings. The van der Waals surface area contributed by atoms with Crippen molar-refractivity contribution in [1.29, 1.82) is 0 Å². The average molecular weight is 502 g/mol. The molecule has 0 saturated heterocycles. The summed E-state index contributed by atoms with van der Waals surface area (Å²) in [6.07, 6.45) is 0. The van der Waals surface area contributed by atoms with Crippen LogP contribution in [0.1, 0.15) is 0 Å².